The number of carbonyl (C=O) groups excluding carboxylic acids is 2. The Bertz CT molecular complexity index is 1180. The van der Waals surface area contributed by atoms with Gasteiger partial charge in [-0.3, -0.25) is 4.79 Å². The first-order valence-corrected chi connectivity index (χ1v) is 11.1. The summed E-state index contributed by atoms with van der Waals surface area (Å²) in [4.78, 5) is 31.7. The van der Waals surface area contributed by atoms with Crippen molar-refractivity contribution in [3.05, 3.63) is 102 Å². The Kier molecular flexibility index (Phi) is 7.13. The molecule has 0 aliphatic carbocycles. The summed E-state index contributed by atoms with van der Waals surface area (Å²) in [5.74, 6) is -0.616. The molecule has 4 rings (SSSR count). The quantitative estimate of drug-likeness (QED) is 0.366. The summed E-state index contributed by atoms with van der Waals surface area (Å²) in [5, 5.41) is 4.39. The summed E-state index contributed by atoms with van der Waals surface area (Å²) in [7, 11) is 0. The average Bonchev–Trinajstić information content (AvgIpc) is 3.33. The fourth-order valence-corrected chi connectivity index (χ4v) is 3.54. The molecule has 0 aliphatic rings. The van der Waals surface area contributed by atoms with Crippen LogP contribution in [0.25, 0.3) is 17.1 Å². The molecule has 0 saturated heterocycles. The van der Waals surface area contributed by atoms with Crippen LogP contribution in [0.5, 0.6) is 0 Å². The van der Waals surface area contributed by atoms with Gasteiger partial charge in [-0.1, -0.05) is 78.9 Å². The molecule has 1 heterocycles. The Morgan fingerprint density at radius 3 is 2.09 bits per heavy atom. The van der Waals surface area contributed by atoms with E-state index < -0.39 is 5.97 Å². The van der Waals surface area contributed by atoms with E-state index in [-0.39, 0.29) is 24.4 Å². The molecule has 7 nitrogen and oxygen atoms in total. The molecule has 34 heavy (non-hydrogen) atoms. The highest BCUT2D eigenvalue weighted by atomic mass is 16.5. The van der Waals surface area contributed by atoms with E-state index in [2.05, 4.69) is 10.1 Å². The average molecular weight is 455 g/mol. The number of esters is 1. The molecule has 3 aromatic carbocycles. The molecule has 4 aromatic rings. The fourth-order valence-electron chi connectivity index (χ4n) is 3.54. The first kappa shape index (κ1) is 22.9. The van der Waals surface area contributed by atoms with Crippen molar-refractivity contribution in [3.8, 4) is 17.1 Å². The first-order valence-electron chi connectivity index (χ1n) is 11.1. The van der Waals surface area contributed by atoms with Gasteiger partial charge < -0.3 is 9.64 Å². The molecule has 0 atom stereocenters. The molecule has 0 N–H and O–H groups in total. The van der Waals surface area contributed by atoms with Crippen LogP contribution < -0.4 is 0 Å². The van der Waals surface area contributed by atoms with Crippen molar-refractivity contribution >= 4 is 11.9 Å². The molecule has 172 valence electrons. The number of hydrogen-bond donors (Lipinski definition) is 0. The Hall–Kier alpha value is -4.26. The summed E-state index contributed by atoms with van der Waals surface area (Å²) >= 11 is 0. The summed E-state index contributed by atoms with van der Waals surface area (Å²) < 4.78 is 6.93. The third-order valence-electron chi connectivity index (χ3n) is 5.29. The highest BCUT2D eigenvalue weighted by molar-refractivity contribution is 5.88. The molecule has 0 radical (unpaired) electrons. The molecule has 0 spiro atoms. The van der Waals surface area contributed by atoms with E-state index in [4.69, 9.17) is 4.74 Å². The molecule has 1 aromatic heterocycles. The van der Waals surface area contributed by atoms with Crippen molar-refractivity contribution in [3.63, 3.8) is 0 Å². The Morgan fingerprint density at radius 1 is 0.882 bits per heavy atom. The van der Waals surface area contributed by atoms with Crippen molar-refractivity contribution < 1.29 is 14.3 Å². The smallest absolute Gasteiger partial charge is 0.378 e. The second kappa shape index (κ2) is 10.6. The van der Waals surface area contributed by atoms with Gasteiger partial charge in [0.1, 0.15) is 0 Å². The number of rotatable bonds is 8. The third kappa shape index (κ3) is 5.38. The maximum Gasteiger partial charge on any atom is 0.378 e. The largest absolute Gasteiger partial charge is 0.450 e. The predicted molar refractivity (Wildman–Crippen MR) is 129 cm³/mol. The lowest BCUT2D eigenvalue weighted by Crippen LogP contribution is -2.39. The lowest BCUT2D eigenvalue weighted by atomic mass is 10.2. The predicted octanol–water partition coefficient (Wildman–Crippen LogP) is 4.53. The molecule has 7 heteroatoms. The van der Waals surface area contributed by atoms with E-state index in [1.807, 2.05) is 105 Å². The number of aromatic nitrogens is 3. The minimum absolute atomic E-state index is 0.0495. The van der Waals surface area contributed by atoms with Gasteiger partial charge in [0.05, 0.1) is 5.69 Å². The van der Waals surface area contributed by atoms with E-state index >= 15 is 0 Å². The Labute approximate surface area is 198 Å². The number of nitrogens with zero attached hydrogens (tertiary/aromatic N) is 4. The van der Waals surface area contributed by atoms with Gasteiger partial charge in [-0.25, -0.2) is 14.5 Å². The van der Waals surface area contributed by atoms with Crippen molar-refractivity contribution in [1.82, 2.24) is 19.7 Å². The van der Waals surface area contributed by atoms with Gasteiger partial charge in [0.25, 0.3) is 11.7 Å². The van der Waals surface area contributed by atoms with Gasteiger partial charge in [-0.05, 0) is 31.5 Å². The number of amides is 1. The molecule has 0 saturated carbocycles. The third-order valence-corrected chi connectivity index (χ3v) is 5.29. The molecule has 0 unspecified atom stereocenters. The fraction of sp³-hybridized carbons (Fsp3) is 0.185. The van der Waals surface area contributed by atoms with Gasteiger partial charge in [-0.2, -0.15) is 0 Å². The van der Waals surface area contributed by atoms with Crippen LogP contribution in [0, 0.1) is 0 Å². The second-order valence-electron chi connectivity index (χ2n) is 8.05. The van der Waals surface area contributed by atoms with Gasteiger partial charge in [0.2, 0.25) is 0 Å². The summed E-state index contributed by atoms with van der Waals surface area (Å²) in [6.07, 6.45) is 0. The van der Waals surface area contributed by atoms with E-state index in [0.29, 0.717) is 12.4 Å². The molecular weight excluding hydrogens is 428 g/mol. The van der Waals surface area contributed by atoms with Crippen molar-refractivity contribution in [2.24, 2.45) is 0 Å². The van der Waals surface area contributed by atoms with Gasteiger partial charge >= 0.3 is 5.97 Å². The minimum atomic E-state index is -0.747. The lowest BCUT2D eigenvalue weighted by Gasteiger charge is -2.26. The normalized spacial score (nSPS) is 10.8. The summed E-state index contributed by atoms with van der Waals surface area (Å²) in [6, 6.07) is 28.6. The van der Waals surface area contributed by atoms with Gasteiger partial charge in [0, 0.05) is 18.2 Å². The zero-order valence-corrected chi connectivity index (χ0v) is 19.2. The van der Waals surface area contributed by atoms with E-state index in [9.17, 15) is 9.59 Å². The number of carbonyl (C=O) groups is 2. The highest BCUT2D eigenvalue weighted by Gasteiger charge is 2.23. The van der Waals surface area contributed by atoms with Crippen LogP contribution in [0.1, 0.15) is 30.0 Å². The SMILES string of the molecule is CC(C)N(Cc1ccccc1)C(=O)COC(=O)c1nc(-c2ccccc2)n(-c2ccccc2)n1. The molecule has 0 aliphatic heterocycles. The standard InChI is InChI=1S/C27H26N4O3/c1-20(2)30(18-21-12-6-3-7-13-21)24(32)19-34-27(33)25-28-26(22-14-8-4-9-15-22)31(29-25)23-16-10-5-11-17-23/h3-17,20H,18-19H2,1-2H3. The summed E-state index contributed by atoms with van der Waals surface area (Å²) in [6.45, 7) is 3.91. The van der Waals surface area contributed by atoms with Crippen LogP contribution in [0.3, 0.4) is 0 Å². The van der Waals surface area contributed by atoms with Gasteiger partial charge in [0.15, 0.2) is 12.4 Å². The lowest BCUT2D eigenvalue weighted by molar-refractivity contribution is -0.137. The second-order valence-corrected chi connectivity index (χ2v) is 8.05. The van der Waals surface area contributed by atoms with Crippen molar-refractivity contribution in [1.29, 1.82) is 0 Å². The topological polar surface area (TPSA) is 77.3 Å². The van der Waals surface area contributed by atoms with E-state index in [0.717, 1.165) is 16.8 Å². The van der Waals surface area contributed by atoms with Crippen LogP contribution in [0.4, 0.5) is 0 Å². The highest BCUT2D eigenvalue weighted by Crippen LogP contribution is 2.21. The first-order chi connectivity index (χ1) is 16.5. The Balaban J connectivity index is 1.51. The Morgan fingerprint density at radius 2 is 1.47 bits per heavy atom. The molecule has 0 bridgehead atoms. The number of benzene rings is 3. The molecule has 1 amide bonds. The zero-order valence-electron chi connectivity index (χ0n) is 19.2. The van der Waals surface area contributed by atoms with Crippen LogP contribution in [-0.4, -0.2) is 44.2 Å². The number of hydrogen-bond acceptors (Lipinski definition) is 5. The number of para-hydroxylation sites is 1. The van der Waals surface area contributed by atoms with E-state index in [1.54, 1.807) is 9.58 Å². The minimum Gasteiger partial charge on any atom is -0.450 e. The maximum atomic E-state index is 12.8. The zero-order chi connectivity index (χ0) is 23.9. The van der Waals surface area contributed by atoms with Crippen molar-refractivity contribution in [2.45, 2.75) is 26.4 Å². The van der Waals surface area contributed by atoms with Crippen LogP contribution in [-0.2, 0) is 16.1 Å². The van der Waals surface area contributed by atoms with Crippen LogP contribution in [0.2, 0.25) is 0 Å². The van der Waals surface area contributed by atoms with Crippen molar-refractivity contribution in [2.75, 3.05) is 6.61 Å². The summed E-state index contributed by atoms with van der Waals surface area (Å²) in [5.41, 5.74) is 2.58. The van der Waals surface area contributed by atoms with Crippen LogP contribution in [0.15, 0.2) is 91.0 Å². The monoisotopic (exact) mass is 454 g/mol. The molecular formula is C27H26N4O3. The number of ether oxygens (including phenoxy) is 1. The van der Waals surface area contributed by atoms with Gasteiger partial charge in [-0.15, -0.1) is 5.10 Å². The maximum absolute atomic E-state index is 12.8. The van der Waals surface area contributed by atoms with E-state index in [1.165, 1.54) is 0 Å². The molecule has 0 fully saturated rings. The van der Waals surface area contributed by atoms with Crippen LogP contribution >= 0.6 is 0 Å².